The fraction of sp³-hybridized carbons (Fsp3) is 0.278. The molecule has 1 amide bonds. The molecule has 7 heteroatoms. The van der Waals surface area contributed by atoms with Crippen molar-refractivity contribution in [3.05, 3.63) is 50.9 Å². The highest BCUT2D eigenvalue weighted by Crippen LogP contribution is 2.39. The average Bonchev–Trinajstić information content (AvgIpc) is 2.90. The Labute approximate surface area is 160 Å². The molecule has 128 valence electrons. The van der Waals surface area contributed by atoms with Gasteiger partial charge in [0.25, 0.3) is 5.91 Å². The van der Waals surface area contributed by atoms with Gasteiger partial charge in [-0.15, -0.1) is 11.3 Å². The number of hydrogen-bond donors (Lipinski definition) is 2. The fourth-order valence-electron chi connectivity index (χ4n) is 2.91. The molecule has 2 N–H and O–H groups in total. The van der Waals surface area contributed by atoms with Crippen LogP contribution in [0.2, 0.25) is 5.02 Å². The van der Waals surface area contributed by atoms with Gasteiger partial charge >= 0.3 is 0 Å². The van der Waals surface area contributed by atoms with Crippen LogP contribution in [0.3, 0.4) is 0 Å². The van der Waals surface area contributed by atoms with Crippen LogP contribution in [0.4, 0.5) is 5.00 Å². The van der Waals surface area contributed by atoms with Gasteiger partial charge in [0.1, 0.15) is 11.1 Å². The molecule has 1 aromatic heterocycles. The molecular formula is C18H16ClN3OS2. The van der Waals surface area contributed by atoms with Crippen molar-refractivity contribution in [3.63, 3.8) is 0 Å². The van der Waals surface area contributed by atoms with Crippen LogP contribution in [-0.4, -0.2) is 11.0 Å². The molecule has 0 saturated carbocycles. The van der Waals surface area contributed by atoms with Crippen LogP contribution in [-0.2, 0) is 12.8 Å². The molecule has 0 saturated heterocycles. The lowest BCUT2D eigenvalue weighted by Crippen LogP contribution is -2.34. The Morgan fingerprint density at radius 3 is 2.92 bits per heavy atom. The summed E-state index contributed by atoms with van der Waals surface area (Å²) in [5.74, 6) is 0.244. The minimum Gasteiger partial charge on any atom is -0.323 e. The van der Waals surface area contributed by atoms with Crippen LogP contribution in [0.15, 0.2) is 24.3 Å². The summed E-state index contributed by atoms with van der Waals surface area (Å²) in [4.78, 5) is 13.5. The number of benzene rings is 1. The monoisotopic (exact) mass is 389 g/mol. The van der Waals surface area contributed by atoms with Gasteiger partial charge in [-0.05, 0) is 55.1 Å². The second-order valence-corrected chi connectivity index (χ2v) is 7.98. The molecule has 2 aromatic rings. The topological polar surface area (TPSA) is 64.9 Å². The van der Waals surface area contributed by atoms with Gasteiger partial charge in [-0.25, -0.2) is 0 Å². The number of carbonyl (C=O) groups excluding carboxylic acids is 1. The zero-order chi connectivity index (χ0) is 18.0. The largest absolute Gasteiger partial charge is 0.323 e. The van der Waals surface area contributed by atoms with Crippen molar-refractivity contribution in [2.24, 2.45) is 5.92 Å². The minimum atomic E-state index is -0.378. The molecule has 0 aliphatic heterocycles. The normalized spacial score (nSPS) is 15.8. The van der Waals surface area contributed by atoms with E-state index in [1.54, 1.807) is 35.6 Å². The third kappa shape index (κ3) is 3.84. The number of amides is 1. The fourth-order valence-corrected chi connectivity index (χ4v) is 4.75. The van der Waals surface area contributed by atoms with Crippen LogP contribution in [0.25, 0.3) is 0 Å². The van der Waals surface area contributed by atoms with Crippen molar-refractivity contribution in [3.8, 4) is 6.07 Å². The van der Waals surface area contributed by atoms with Crippen LogP contribution in [0, 0.1) is 17.2 Å². The molecule has 1 aliphatic carbocycles. The van der Waals surface area contributed by atoms with E-state index >= 15 is 0 Å². The standard InChI is InChI=1S/C18H16ClN3OS2/c1-10-6-7-11-13(9-20)17(25-15(11)8-10)22-18(24)21-16(23)12-4-2-3-5-14(12)19/h2-5,10H,6-8H2,1H3,(H2,21,22,23,24). The average molecular weight is 390 g/mol. The van der Waals surface area contributed by atoms with E-state index in [1.165, 1.54) is 4.88 Å². The number of fused-ring (bicyclic) bond motifs is 1. The molecule has 0 bridgehead atoms. The maximum atomic E-state index is 12.3. The molecule has 0 fully saturated rings. The number of anilines is 1. The minimum absolute atomic E-state index is 0.160. The number of hydrogen-bond acceptors (Lipinski definition) is 4. The Morgan fingerprint density at radius 2 is 2.20 bits per heavy atom. The summed E-state index contributed by atoms with van der Waals surface area (Å²) < 4.78 is 0. The van der Waals surface area contributed by atoms with E-state index in [2.05, 4.69) is 23.6 Å². The SMILES string of the molecule is CC1CCc2c(sc(NC(=S)NC(=O)c3ccccc3Cl)c2C#N)C1. The summed E-state index contributed by atoms with van der Waals surface area (Å²) in [5.41, 5.74) is 2.11. The highest BCUT2D eigenvalue weighted by atomic mass is 35.5. The summed E-state index contributed by atoms with van der Waals surface area (Å²) in [7, 11) is 0. The van der Waals surface area contributed by atoms with E-state index in [0.717, 1.165) is 24.8 Å². The third-order valence-corrected chi connectivity index (χ3v) is 5.90. The number of thiophene rings is 1. The summed E-state index contributed by atoms with van der Waals surface area (Å²) in [6.07, 6.45) is 2.98. The van der Waals surface area contributed by atoms with E-state index in [4.69, 9.17) is 23.8 Å². The predicted molar refractivity (Wildman–Crippen MR) is 105 cm³/mol. The lowest BCUT2D eigenvalue weighted by atomic mass is 9.89. The second kappa shape index (κ2) is 7.52. The second-order valence-electron chi connectivity index (χ2n) is 6.06. The Hall–Kier alpha value is -1.94. The Morgan fingerprint density at radius 1 is 1.44 bits per heavy atom. The molecule has 0 radical (unpaired) electrons. The van der Waals surface area contributed by atoms with Gasteiger partial charge in [-0.1, -0.05) is 30.7 Å². The van der Waals surface area contributed by atoms with Crippen LogP contribution in [0.1, 0.15) is 39.7 Å². The first-order valence-electron chi connectivity index (χ1n) is 7.91. The van der Waals surface area contributed by atoms with Gasteiger partial charge in [-0.2, -0.15) is 5.26 Å². The van der Waals surface area contributed by atoms with Crippen LogP contribution in [0.5, 0.6) is 0 Å². The molecule has 1 unspecified atom stereocenters. The maximum absolute atomic E-state index is 12.3. The van der Waals surface area contributed by atoms with E-state index in [1.807, 2.05) is 0 Å². The summed E-state index contributed by atoms with van der Waals surface area (Å²) in [5, 5.41) is 16.4. The third-order valence-electron chi connectivity index (χ3n) is 4.20. The first-order chi connectivity index (χ1) is 12.0. The van der Waals surface area contributed by atoms with Crippen molar-refractivity contribution in [2.75, 3.05) is 5.32 Å². The molecule has 0 spiro atoms. The van der Waals surface area contributed by atoms with Crippen LogP contribution < -0.4 is 10.6 Å². The number of thiocarbonyl (C=S) groups is 1. The van der Waals surface area contributed by atoms with Gasteiger partial charge in [0.05, 0.1) is 16.1 Å². The Balaban J connectivity index is 1.75. The van der Waals surface area contributed by atoms with Crippen molar-refractivity contribution < 1.29 is 4.79 Å². The predicted octanol–water partition coefficient (Wildman–Crippen LogP) is 4.52. The van der Waals surface area contributed by atoms with Gasteiger partial charge in [-0.3, -0.25) is 10.1 Å². The summed E-state index contributed by atoms with van der Waals surface area (Å²) >= 11 is 12.8. The Kier molecular flexibility index (Phi) is 5.38. The van der Waals surface area contributed by atoms with E-state index in [9.17, 15) is 10.1 Å². The van der Waals surface area contributed by atoms with E-state index < -0.39 is 0 Å². The van der Waals surface area contributed by atoms with Crippen molar-refractivity contribution >= 4 is 51.2 Å². The van der Waals surface area contributed by atoms with Crippen molar-refractivity contribution in [2.45, 2.75) is 26.2 Å². The number of carbonyl (C=O) groups is 1. The van der Waals surface area contributed by atoms with Gasteiger partial charge in [0, 0.05) is 4.88 Å². The number of nitrogens with one attached hydrogen (secondary N) is 2. The highest BCUT2D eigenvalue weighted by Gasteiger charge is 2.24. The molecule has 1 atom stereocenters. The summed E-state index contributed by atoms with van der Waals surface area (Å²) in [6.45, 7) is 2.22. The smallest absolute Gasteiger partial charge is 0.258 e. The highest BCUT2D eigenvalue weighted by molar-refractivity contribution is 7.80. The summed E-state index contributed by atoms with van der Waals surface area (Å²) in [6, 6.07) is 9.04. The molecule has 3 rings (SSSR count). The lowest BCUT2D eigenvalue weighted by molar-refractivity contribution is 0.0978. The van der Waals surface area contributed by atoms with Crippen molar-refractivity contribution in [1.82, 2.24) is 5.32 Å². The van der Waals surface area contributed by atoms with Crippen molar-refractivity contribution in [1.29, 1.82) is 5.26 Å². The van der Waals surface area contributed by atoms with E-state index in [-0.39, 0.29) is 11.0 Å². The molecular weight excluding hydrogens is 374 g/mol. The maximum Gasteiger partial charge on any atom is 0.258 e. The van der Waals surface area contributed by atoms with Gasteiger partial charge in [0.15, 0.2) is 5.11 Å². The lowest BCUT2D eigenvalue weighted by Gasteiger charge is -2.17. The number of rotatable bonds is 2. The molecule has 1 heterocycles. The first-order valence-corrected chi connectivity index (χ1v) is 9.51. The molecule has 1 aliphatic rings. The zero-order valence-electron chi connectivity index (χ0n) is 13.6. The van der Waals surface area contributed by atoms with Crippen LogP contribution >= 0.6 is 35.2 Å². The molecule has 25 heavy (non-hydrogen) atoms. The molecule has 4 nitrogen and oxygen atoms in total. The zero-order valence-corrected chi connectivity index (χ0v) is 15.9. The van der Waals surface area contributed by atoms with Gasteiger partial charge < -0.3 is 5.32 Å². The van der Waals surface area contributed by atoms with E-state index in [0.29, 0.717) is 27.1 Å². The first kappa shape index (κ1) is 17.9. The number of nitriles is 1. The Bertz CT molecular complexity index is 885. The van der Waals surface area contributed by atoms with Gasteiger partial charge in [0.2, 0.25) is 0 Å². The number of halogens is 1. The quantitative estimate of drug-likeness (QED) is 0.741. The number of nitrogens with zero attached hydrogens (tertiary/aromatic N) is 1. The molecule has 1 aromatic carbocycles.